The van der Waals surface area contributed by atoms with Crippen LogP contribution < -0.4 is 10.2 Å². The van der Waals surface area contributed by atoms with E-state index in [-0.39, 0.29) is 17.7 Å². The van der Waals surface area contributed by atoms with Crippen molar-refractivity contribution in [2.24, 2.45) is 0 Å². The molecule has 39 heavy (non-hydrogen) atoms. The van der Waals surface area contributed by atoms with E-state index < -0.39 is 11.6 Å². The van der Waals surface area contributed by atoms with Crippen LogP contribution in [0.25, 0.3) is 0 Å². The summed E-state index contributed by atoms with van der Waals surface area (Å²) in [7, 11) is 0. The van der Waals surface area contributed by atoms with E-state index in [0.29, 0.717) is 54.8 Å². The molecular weight excluding hydrogens is 535 g/mol. The summed E-state index contributed by atoms with van der Waals surface area (Å²) in [6.07, 6.45) is 0.791. The van der Waals surface area contributed by atoms with Crippen LogP contribution in [0.3, 0.4) is 0 Å². The van der Waals surface area contributed by atoms with Crippen LogP contribution >= 0.6 is 23.2 Å². The van der Waals surface area contributed by atoms with E-state index in [2.05, 4.69) is 5.32 Å². The molecule has 0 spiro atoms. The Bertz CT molecular complexity index is 1490. The van der Waals surface area contributed by atoms with E-state index in [1.807, 2.05) is 58.3 Å². The lowest BCUT2D eigenvalue weighted by molar-refractivity contribution is -0.139. The molecule has 3 aromatic rings. The number of amides is 3. The molecule has 0 radical (unpaired) electrons. The van der Waals surface area contributed by atoms with Gasteiger partial charge in [0.05, 0.1) is 0 Å². The minimum atomic E-state index is -1.21. The van der Waals surface area contributed by atoms with Crippen LogP contribution in [0.1, 0.15) is 23.6 Å². The van der Waals surface area contributed by atoms with Crippen LogP contribution in [0.15, 0.2) is 66.7 Å². The van der Waals surface area contributed by atoms with Gasteiger partial charge >= 0.3 is 0 Å². The van der Waals surface area contributed by atoms with E-state index in [0.717, 1.165) is 22.4 Å². The van der Waals surface area contributed by atoms with Crippen LogP contribution in [-0.4, -0.2) is 59.7 Å². The van der Waals surface area contributed by atoms with Crippen molar-refractivity contribution in [3.05, 3.63) is 93.5 Å². The standard InChI is InChI=1S/C30H28Cl2N4O3/c1-19(37)34-11-13-35(14-12-34)28(38)27-16-21-6-2-3-8-26(21)36(27)30(18-20-5-4-7-22(31)15-20)24-10-9-23(32)17-25(24)33-29(30)39/h2-10,15,17,27H,11-14,16,18H2,1H3,(H,33,39). The van der Waals surface area contributed by atoms with Gasteiger partial charge in [0.1, 0.15) is 6.04 Å². The first kappa shape index (κ1) is 25.7. The van der Waals surface area contributed by atoms with E-state index >= 15 is 0 Å². The fraction of sp³-hybridized carbons (Fsp3) is 0.300. The molecule has 3 aliphatic heterocycles. The Kier molecular flexibility index (Phi) is 6.52. The maximum atomic E-state index is 14.2. The summed E-state index contributed by atoms with van der Waals surface area (Å²) in [6, 6.07) is 20.2. The van der Waals surface area contributed by atoms with Crippen molar-refractivity contribution in [1.29, 1.82) is 0 Å². The van der Waals surface area contributed by atoms with Gasteiger partial charge in [-0.3, -0.25) is 14.4 Å². The Labute approximate surface area is 237 Å². The van der Waals surface area contributed by atoms with Gasteiger partial charge in [0.15, 0.2) is 5.54 Å². The first-order chi connectivity index (χ1) is 18.8. The Morgan fingerprint density at radius 1 is 0.923 bits per heavy atom. The lowest BCUT2D eigenvalue weighted by atomic mass is 9.82. The predicted molar refractivity (Wildman–Crippen MR) is 152 cm³/mol. The zero-order valence-corrected chi connectivity index (χ0v) is 23.0. The second kappa shape index (κ2) is 9.88. The molecule has 6 rings (SSSR count). The third kappa shape index (κ3) is 4.34. The zero-order valence-electron chi connectivity index (χ0n) is 21.5. The number of fused-ring (bicyclic) bond motifs is 2. The smallest absolute Gasteiger partial charge is 0.255 e. The quantitative estimate of drug-likeness (QED) is 0.508. The number of para-hydroxylation sites is 1. The number of piperazine rings is 1. The molecule has 2 unspecified atom stereocenters. The van der Waals surface area contributed by atoms with Crippen LogP contribution in [0.2, 0.25) is 10.0 Å². The van der Waals surface area contributed by atoms with Crippen molar-refractivity contribution in [2.45, 2.75) is 31.3 Å². The molecule has 0 aromatic heterocycles. The van der Waals surface area contributed by atoms with Crippen LogP contribution in [0, 0.1) is 0 Å². The number of halogens is 2. The molecule has 3 aliphatic rings. The van der Waals surface area contributed by atoms with E-state index in [1.54, 1.807) is 30.0 Å². The first-order valence-corrected chi connectivity index (χ1v) is 13.8. The van der Waals surface area contributed by atoms with Crippen LogP contribution in [-0.2, 0) is 32.8 Å². The molecule has 1 N–H and O–H groups in total. The van der Waals surface area contributed by atoms with Crippen LogP contribution in [0.4, 0.5) is 11.4 Å². The fourth-order valence-electron chi connectivity index (χ4n) is 6.28. The lowest BCUT2D eigenvalue weighted by Gasteiger charge is -2.44. The molecule has 7 nitrogen and oxygen atoms in total. The fourth-order valence-corrected chi connectivity index (χ4v) is 6.66. The molecule has 3 amide bonds. The number of hydrogen-bond donors (Lipinski definition) is 1. The van der Waals surface area contributed by atoms with E-state index in [4.69, 9.17) is 23.2 Å². The third-order valence-electron chi connectivity index (χ3n) is 8.11. The number of hydrogen-bond acceptors (Lipinski definition) is 4. The maximum absolute atomic E-state index is 14.2. The Hall–Kier alpha value is -3.55. The Morgan fingerprint density at radius 2 is 1.64 bits per heavy atom. The number of nitrogens with zero attached hydrogens (tertiary/aromatic N) is 3. The average molecular weight is 563 g/mol. The third-order valence-corrected chi connectivity index (χ3v) is 8.58. The van der Waals surface area contributed by atoms with Gasteiger partial charge in [-0.15, -0.1) is 0 Å². The summed E-state index contributed by atoms with van der Waals surface area (Å²) in [5.41, 5.74) is 2.95. The molecule has 0 saturated carbocycles. The van der Waals surface area contributed by atoms with Gasteiger partial charge < -0.3 is 20.0 Å². The summed E-state index contributed by atoms with van der Waals surface area (Å²) in [5, 5.41) is 4.16. The molecule has 3 heterocycles. The Morgan fingerprint density at radius 3 is 2.38 bits per heavy atom. The number of carbonyl (C=O) groups is 3. The predicted octanol–water partition coefficient (Wildman–Crippen LogP) is 4.51. The number of carbonyl (C=O) groups excluding carboxylic acids is 3. The lowest BCUT2D eigenvalue weighted by Crippen LogP contribution is -2.61. The van der Waals surface area contributed by atoms with E-state index in [9.17, 15) is 14.4 Å². The minimum Gasteiger partial charge on any atom is -0.340 e. The second-order valence-electron chi connectivity index (χ2n) is 10.4. The summed E-state index contributed by atoms with van der Waals surface area (Å²) in [4.78, 5) is 45.9. The topological polar surface area (TPSA) is 73.0 Å². The summed E-state index contributed by atoms with van der Waals surface area (Å²) in [6.45, 7) is 3.46. The number of nitrogens with one attached hydrogen (secondary N) is 1. The normalized spacial score (nSPS) is 22.0. The van der Waals surface area contributed by atoms with Crippen molar-refractivity contribution in [1.82, 2.24) is 9.80 Å². The van der Waals surface area contributed by atoms with Crippen LogP contribution in [0.5, 0.6) is 0 Å². The van der Waals surface area contributed by atoms with Gasteiger partial charge in [0.2, 0.25) is 11.8 Å². The number of rotatable bonds is 4. The van der Waals surface area contributed by atoms with Gasteiger partial charge in [-0.1, -0.05) is 59.6 Å². The molecule has 1 saturated heterocycles. The zero-order chi connectivity index (χ0) is 27.3. The molecule has 200 valence electrons. The molecular formula is C30H28Cl2N4O3. The van der Waals surface area contributed by atoms with Gasteiger partial charge in [0, 0.05) is 72.9 Å². The second-order valence-corrected chi connectivity index (χ2v) is 11.2. The molecule has 9 heteroatoms. The monoisotopic (exact) mass is 562 g/mol. The molecule has 0 bridgehead atoms. The van der Waals surface area contributed by atoms with Crippen molar-refractivity contribution in [2.75, 3.05) is 36.4 Å². The highest BCUT2D eigenvalue weighted by Gasteiger charge is 2.57. The average Bonchev–Trinajstić information content (AvgIpc) is 3.43. The first-order valence-electron chi connectivity index (χ1n) is 13.1. The number of benzene rings is 3. The van der Waals surface area contributed by atoms with Crippen molar-refractivity contribution >= 4 is 52.3 Å². The molecule has 3 aromatic carbocycles. The Balaban J connectivity index is 1.48. The summed E-state index contributed by atoms with van der Waals surface area (Å²) < 4.78 is 0. The molecule has 1 fully saturated rings. The van der Waals surface area contributed by atoms with Crippen molar-refractivity contribution < 1.29 is 14.4 Å². The van der Waals surface area contributed by atoms with Gasteiger partial charge in [-0.25, -0.2) is 0 Å². The summed E-state index contributed by atoms with van der Waals surface area (Å²) in [5.74, 6) is -0.249. The highest BCUT2D eigenvalue weighted by atomic mass is 35.5. The highest BCUT2D eigenvalue weighted by molar-refractivity contribution is 6.31. The van der Waals surface area contributed by atoms with Gasteiger partial charge in [0.25, 0.3) is 5.91 Å². The number of anilines is 2. The van der Waals surface area contributed by atoms with Gasteiger partial charge in [-0.2, -0.15) is 0 Å². The largest absolute Gasteiger partial charge is 0.340 e. The van der Waals surface area contributed by atoms with Crippen molar-refractivity contribution in [3.8, 4) is 0 Å². The van der Waals surface area contributed by atoms with Crippen molar-refractivity contribution in [3.63, 3.8) is 0 Å². The SMILES string of the molecule is CC(=O)N1CCN(C(=O)C2Cc3ccccc3N2C2(Cc3cccc(Cl)c3)C(=O)Nc3cc(Cl)ccc32)CC1. The summed E-state index contributed by atoms with van der Waals surface area (Å²) >= 11 is 12.7. The van der Waals surface area contributed by atoms with Gasteiger partial charge in [-0.05, 0) is 41.5 Å². The highest BCUT2D eigenvalue weighted by Crippen LogP contribution is 2.50. The molecule has 2 atom stereocenters. The molecule has 0 aliphatic carbocycles. The maximum Gasteiger partial charge on any atom is 0.255 e. The van der Waals surface area contributed by atoms with E-state index in [1.165, 1.54) is 0 Å². The minimum absolute atomic E-state index is 0.00960.